The second-order valence-corrected chi connectivity index (χ2v) is 5.77. The smallest absolute Gasteiger partial charge is 0.306 e. The lowest BCUT2D eigenvalue weighted by Gasteiger charge is -2.11. The molecule has 1 unspecified atom stereocenters. The molecule has 0 aliphatic carbocycles. The Morgan fingerprint density at radius 1 is 1.32 bits per heavy atom. The summed E-state index contributed by atoms with van der Waals surface area (Å²) in [6, 6.07) is 8.04. The largest absolute Gasteiger partial charge is 0.469 e. The molecule has 4 nitrogen and oxygen atoms in total. The second-order valence-electron chi connectivity index (χ2n) is 4.34. The standard InChI is InChI=1S/C14H16N2O2S/c1-9(8-13(17)18-3)19-14-12-7-5-4-6-11(12)10(2)15-16-14/h4-7,9H,8H2,1-3H3. The van der Waals surface area contributed by atoms with Gasteiger partial charge in [-0.2, -0.15) is 5.10 Å². The van der Waals surface area contributed by atoms with E-state index in [1.807, 2.05) is 38.1 Å². The van der Waals surface area contributed by atoms with Gasteiger partial charge in [0.1, 0.15) is 5.03 Å². The molecule has 1 atom stereocenters. The van der Waals surface area contributed by atoms with Crippen molar-refractivity contribution in [1.82, 2.24) is 10.2 Å². The Morgan fingerprint density at radius 2 is 2.00 bits per heavy atom. The summed E-state index contributed by atoms with van der Waals surface area (Å²) in [5.41, 5.74) is 0.917. The summed E-state index contributed by atoms with van der Waals surface area (Å²) in [5, 5.41) is 11.6. The maximum absolute atomic E-state index is 11.3. The monoisotopic (exact) mass is 276 g/mol. The number of hydrogen-bond acceptors (Lipinski definition) is 5. The number of methoxy groups -OCH3 is 1. The first-order chi connectivity index (χ1) is 9.11. The van der Waals surface area contributed by atoms with Crippen LogP contribution in [0, 0.1) is 6.92 Å². The van der Waals surface area contributed by atoms with Crippen molar-refractivity contribution in [3.05, 3.63) is 30.0 Å². The van der Waals surface area contributed by atoms with Gasteiger partial charge >= 0.3 is 5.97 Å². The van der Waals surface area contributed by atoms with Crippen molar-refractivity contribution >= 4 is 28.5 Å². The van der Waals surface area contributed by atoms with Gasteiger partial charge in [-0.15, -0.1) is 16.9 Å². The van der Waals surface area contributed by atoms with Gasteiger partial charge in [0.05, 0.1) is 19.2 Å². The molecule has 0 fully saturated rings. The average Bonchev–Trinajstić information content (AvgIpc) is 2.42. The first-order valence-corrected chi connectivity index (χ1v) is 6.95. The molecule has 0 N–H and O–H groups in total. The van der Waals surface area contributed by atoms with E-state index in [1.165, 1.54) is 7.11 Å². The fourth-order valence-electron chi connectivity index (χ4n) is 1.85. The normalized spacial score (nSPS) is 12.4. The Balaban J connectivity index is 2.26. The van der Waals surface area contributed by atoms with Crippen molar-refractivity contribution in [2.24, 2.45) is 0 Å². The lowest BCUT2D eigenvalue weighted by molar-refractivity contribution is -0.140. The van der Waals surface area contributed by atoms with Gasteiger partial charge < -0.3 is 4.74 Å². The van der Waals surface area contributed by atoms with Crippen molar-refractivity contribution in [3.8, 4) is 0 Å². The number of carbonyl (C=O) groups excluding carboxylic acids is 1. The molecule has 1 aromatic carbocycles. The molecule has 0 bridgehead atoms. The minimum atomic E-state index is -0.204. The maximum atomic E-state index is 11.3. The lowest BCUT2D eigenvalue weighted by Crippen LogP contribution is -2.09. The number of carbonyl (C=O) groups is 1. The summed E-state index contributed by atoms with van der Waals surface area (Å²) in [7, 11) is 1.40. The summed E-state index contributed by atoms with van der Waals surface area (Å²) in [6.45, 7) is 3.93. The zero-order valence-electron chi connectivity index (χ0n) is 11.2. The van der Waals surface area contributed by atoms with Crippen LogP contribution in [-0.2, 0) is 9.53 Å². The molecule has 0 aliphatic rings. The lowest BCUT2D eigenvalue weighted by atomic mass is 10.1. The molecule has 0 spiro atoms. The van der Waals surface area contributed by atoms with Crippen molar-refractivity contribution < 1.29 is 9.53 Å². The van der Waals surface area contributed by atoms with Crippen LogP contribution in [-0.4, -0.2) is 28.5 Å². The number of hydrogen-bond donors (Lipinski definition) is 0. The summed E-state index contributed by atoms with van der Waals surface area (Å²) < 4.78 is 4.68. The Bertz CT molecular complexity index is 601. The van der Waals surface area contributed by atoms with Gasteiger partial charge in [0.2, 0.25) is 0 Å². The highest BCUT2D eigenvalue weighted by Gasteiger charge is 2.14. The quantitative estimate of drug-likeness (QED) is 0.634. The molecule has 2 rings (SSSR count). The Hall–Kier alpha value is -1.62. The van der Waals surface area contributed by atoms with E-state index in [0.29, 0.717) is 6.42 Å². The molecular formula is C14H16N2O2S. The molecule has 0 radical (unpaired) electrons. The highest BCUT2D eigenvalue weighted by molar-refractivity contribution is 8.00. The molecule has 100 valence electrons. The molecule has 2 aromatic rings. The second kappa shape index (κ2) is 6.02. The van der Waals surface area contributed by atoms with E-state index in [-0.39, 0.29) is 11.2 Å². The van der Waals surface area contributed by atoms with Crippen LogP contribution in [0.2, 0.25) is 0 Å². The number of fused-ring (bicyclic) bond motifs is 1. The SMILES string of the molecule is COC(=O)CC(C)Sc1nnc(C)c2ccccc12. The topological polar surface area (TPSA) is 52.1 Å². The number of thioether (sulfide) groups is 1. The van der Waals surface area contributed by atoms with Gasteiger partial charge in [0, 0.05) is 16.0 Å². The van der Waals surface area contributed by atoms with E-state index < -0.39 is 0 Å². The fourth-order valence-corrected chi connectivity index (χ4v) is 2.84. The summed E-state index contributed by atoms with van der Waals surface area (Å²) in [5.74, 6) is -0.204. The molecule has 1 aromatic heterocycles. The molecular weight excluding hydrogens is 260 g/mol. The van der Waals surface area contributed by atoms with Gasteiger partial charge in [-0.05, 0) is 6.92 Å². The van der Waals surface area contributed by atoms with Crippen LogP contribution in [0.1, 0.15) is 19.0 Å². The zero-order valence-corrected chi connectivity index (χ0v) is 12.0. The average molecular weight is 276 g/mol. The van der Waals surface area contributed by atoms with Crippen LogP contribution < -0.4 is 0 Å². The van der Waals surface area contributed by atoms with Crippen molar-refractivity contribution in [2.45, 2.75) is 30.5 Å². The first-order valence-electron chi connectivity index (χ1n) is 6.07. The molecule has 1 heterocycles. The number of benzene rings is 1. The number of esters is 1. The Kier molecular flexibility index (Phi) is 4.37. The number of rotatable bonds is 4. The molecule has 0 saturated heterocycles. The third-order valence-electron chi connectivity index (χ3n) is 2.83. The van der Waals surface area contributed by atoms with Crippen LogP contribution in [0.3, 0.4) is 0 Å². The fraction of sp³-hybridized carbons (Fsp3) is 0.357. The van der Waals surface area contributed by atoms with Crippen LogP contribution in [0.4, 0.5) is 0 Å². The zero-order chi connectivity index (χ0) is 13.8. The van der Waals surface area contributed by atoms with E-state index in [2.05, 4.69) is 14.9 Å². The van der Waals surface area contributed by atoms with Crippen molar-refractivity contribution in [3.63, 3.8) is 0 Å². The third-order valence-corrected chi connectivity index (χ3v) is 3.93. The van der Waals surface area contributed by atoms with Crippen LogP contribution in [0.15, 0.2) is 29.3 Å². The summed E-state index contributed by atoms with van der Waals surface area (Å²) in [6.07, 6.45) is 0.366. The molecule has 0 amide bonds. The van der Waals surface area contributed by atoms with Crippen LogP contribution in [0.25, 0.3) is 10.8 Å². The van der Waals surface area contributed by atoms with Gasteiger partial charge in [0.15, 0.2) is 0 Å². The van der Waals surface area contributed by atoms with Crippen molar-refractivity contribution in [2.75, 3.05) is 7.11 Å². The van der Waals surface area contributed by atoms with Gasteiger partial charge in [-0.25, -0.2) is 0 Å². The van der Waals surface area contributed by atoms with Gasteiger partial charge in [-0.1, -0.05) is 31.2 Å². The van der Waals surface area contributed by atoms with Gasteiger partial charge in [0.25, 0.3) is 0 Å². The van der Waals surface area contributed by atoms with E-state index in [0.717, 1.165) is 21.5 Å². The van der Waals surface area contributed by atoms with E-state index in [4.69, 9.17) is 0 Å². The Morgan fingerprint density at radius 3 is 2.68 bits per heavy atom. The number of aromatic nitrogens is 2. The van der Waals surface area contributed by atoms with Crippen LogP contribution >= 0.6 is 11.8 Å². The predicted octanol–water partition coefficient (Wildman–Crippen LogP) is 2.98. The van der Waals surface area contributed by atoms with E-state index in [9.17, 15) is 4.79 Å². The van der Waals surface area contributed by atoms with Gasteiger partial charge in [-0.3, -0.25) is 4.79 Å². The molecule has 0 aliphatic heterocycles. The highest BCUT2D eigenvalue weighted by Crippen LogP contribution is 2.30. The first kappa shape index (κ1) is 13.8. The van der Waals surface area contributed by atoms with E-state index in [1.54, 1.807) is 11.8 Å². The molecule has 0 saturated carbocycles. The summed E-state index contributed by atoms with van der Waals surface area (Å²) in [4.78, 5) is 11.3. The Labute approximate surface area is 116 Å². The molecule has 19 heavy (non-hydrogen) atoms. The summed E-state index contributed by atoms with van der Waals surface area (Å²) >= 11 is 1.55. The third kappa shape index (κ3) is 3.23. The predicted molar refractivity (Wildman–Crippen MR) is 76.2 cm³/mol. The number of ether oxygens (including phenoxy) is 1. The molecule has 5 heteroatoms. The minimum Gasteiger partial charge on any atom is -0.469 e. The van der Waals surface area contributed by atoms with Crippen LogP contribution in [0.5, 0.6) is 0 Å². The number of nitrogens with zero attached hydrogens (tertiary/aromatic N) is 2. The maximum Gasteiger partial charge on any atom is 0.306 e. The minimum absolute atomic E-state index is 0.105. The highest BCUT2D eigenvalue weighted by atomic mass is 32.2. The van der Waals surface area contributed by atoms with E-state index >= 15 is 0 Å². The number of aryl methyl sites for hydroxylation is 1. The van der Waals surface area contributed by atoms with Crippen molar-refractivity contribution in [1.29, 1.82) is 0 Å².